The molecule has 0 heterocycles. The molecule has 0 fully saturated rings. The predicted octanol–water partition coefficient (Wildman–Crippen LogP) is 4.67. The molecule has 3 aromatic rings. The molecule has 1 N–H and O–H groups in total. The summed E-state index contributed by atoms with van der Waals surface area (Å²) in [7, 11) is -3.33. The molecule has 28 heavy (non-hydrogen) atoms. The molecule has 3 aromatic carbocycles. The van der Waals surface area contributed by atoms with Crippen LogP contribution in [0.25, 0.3) is 0 Å². The van der Waals surface area contributed by atoms with Crippen LogP contribution in [-0.4, -0.2) is 14.7 Å². The maximum atomic E-state index is 13.9. The number of aryl methyl sites for hydroxylation is 2. The van der Waals surface area contributed by atoms with E-state index >= 15 is 0 Å². The zero-order chi connectivity index (χ0) is 19.7. The summed E-state index contributed by atoms with van der Waals surface area (Å²) >= 11 is 0. The van der Waals surface area contributed by atoms with E-state index in [0.29, 0.717) is 5.69 Å². The minimum atomic E-state index is -3.33. The van der Waals surface area contributed by atoms with Crippen LogP contribution < -0.4 is 4.72 Å². The zero-order valence-electron chi connectivity index (χ0n) is 15.7. The van der Waals surface area contributed by atoms with Crippen LogP contribution in [0.2, 0.25) is 0 Å². The van der Waals surface area contributed by atoms with Crippen LogP contribution in [0.5, 0.6) is 0 Å². The zero-order valence-corrected chi connectivity index (χ0v) is 16.5. The van der Waals surface area contributed by atoms with Crippen LogP contribution in [0.15, 0.2) is 66.7 Å². The second-order valence-corrected chi connectivity index (χ2v) is 9.12. The minimum absolute atomic E-state index is 0.0998. The van der Waals surface area contributed by atoms with Gasteiger partial charge >= 0.3 is 0 Å². The molecular weight excluding hydrogens is 373 g/mol. The number of hydrogen-bond acceptors (Lipinski definition) is 2. The third-order valence-corrected chi connectivity index (χ3v) is 5.85. The highest BCUT2D eigenvalue weighted by Crippen LogP contribution is 2.37. The third-order valence-electron chi connectivity index (χ3n) is 5.24. The Labute approximate surface area is 165 Å². The number of sulfonamides is 1. The molecule has 0 saturated carbocycles. The van der Waals surface area contributed by atoms with Crippen molar-refractivity contribution in [2.75, 3.05) is 11.0 Å². The summed E-state index contributed by atoms with van der Waals surface area (Å²) in [5.74, 6) is -0.106. The van der Waals surface area contributed by atoms with Crippen molar-refractivity contribution in [3.63, 3.8) is 0 Å². The molecule has 1 atom stereocenters. The summed E-state index contributed by atoms with van der Waals surface area (Å²) in [5.41, 5.74) is 6.33. The van der Waals surface area contributed by atoms with Crippen LogP contribution in [0.4, 0.5) is 10.1 Å². The number of fused-ring (bicyclic) bond motifs is 2. The molecule has 0 saturated heterocycles. The van der Waals surface area contributed by atoms with Crippen LogP contribution in [0.3, 0.4) is 0 Å². The maximum absolute atomic E-state index is 13.9. The molecule has 0 aliphatic heterocycles. The van der Waals surface area contributed by atoms with Crippen molar-refractivity contribution in [1.29, 1.82) is 0 Å². The van der Waals surface area contributed by atoms with Gasteiger partial charge in [-0.15, -0.1) is 0 Å². The highest BCUT2D eigenvalue weighted by Gasteiger charge is 2.24. The van der Waals surface area contributed by atoms with Crippen LogP contribution in [0.1, 0.15) is 33.7 Å². The van der Waals surface area contributed by atoms with Gasteiger partial charge in [0.25, 0.3) is 0 Å². The van der Waals surface area contributed by atoms with Gasteiger partial charge in [0.1, 0.15) is 5.82 Å². The molecule has 1 aliphatic carbocycles. The Morgan fingerprint density at radius 3 is 2.50 bits per heavy atom. The van der Waals surface area contributed by atoms with Gasteiger partial charge in [-0.2, -0.15) is 0 Å². The average Bonchev–Trinajstić information content (AvgIpc) is 2.78. The summed E-state index contributed by atoms with van der Waals surface area (Å²) in [6.07, 6.45) is 3.57. The second kappa shape index (κ2) is 7.40. The fraction of sp³-hybridized carbons (Fsp3) is 0.217. The molecular formula is C23H22FNO2S. The van der Waals surface area contributed by atoms with E-state index in [1.807, 2.05) is 36.4 Å². The molecule has 5 heteroatoms. The largest absolute Gasteiger partial charge is 0.284 e. The first kappa shape index (κ1) is 18.7. The summed E-state index contributed by atoms with van der Waals surface area (Å²) in [4.78, 5) is 0. The second-order valence-electron chi connectivity index (χ2n) is 7.37. The monoisotopic (exact) mass is 395 g/mol. The highest BCUT2D eigenvalue weighted by molar-refractivity contribution is 7.92. The SMILES string of the molecule is CS(=O)(=O)Nc1cccc(CC2c3ccccc3CCc3cc(F)ccc32)c1. The minimum Gasteiger partial charge on any atom is -0.284 e. The fourth-order valence-electron chi connectivity index (χ4n) is 4.10. The van der Waals surface area contributed by atoms with Gasteiger partial charge in [-0.05, 0) is 71.3 Å². The van der Waals surface area contributed by atoms with E-state index in [1.165, 1.54) is 17.2 Å². The normalized spacial score (nSPS) is 16.0. The topological polar surface area (TPSA) is 46.2 Å². The van der Waals surface area contributed by atoms with E-state index in [1.54, 1.807) is 12.1 Å². The number of nitrogens with one attached hydrogen (secondary N) is 1. The smallest absolute Gasteiger partial charge is 0.229 e. The van der Waals surface area contributed by atoms with Crippen LogP contribution in [0, 0.1) is 5.82 Å². The molecule has 4 rings (SSSR count). The fourth-order valence-corrected chi connectivity index (χ4v) is 4.66. The van der Waals surface area contributed by atoms with Gasteiger partial charge in [0.2, 0.25) is 10.0 Å². The Balaban J connectivity index is 1.76. The molecule has 0 bridgehead atoms. The van der Waals surface area contributed by atoms with Gasteiger partial charge < -0.3 is 0 Å². The third kappa shape index (κ3) is 4.09. The van der Waals surface area contributed by atoms with Crippen molar-refractivity contribution in [3.05, 3.63) is 100 Å². The average molecular weight is 395 g/mol. The Hall–Kier alpha value is -2.66. The molecule has 1 unspecified atom stereocenters. The first-order chi connectivity index (χ1) is 13.4. The molecule has 0 spiro atoms. The lowest BCUT2D eigenvalue weighted by Crippen LogP contribution is -2.11. The highest BCUT2D eigenvalue weighted by atomic mass is 32.2. The Morgan fingerprint density at radius 2 is 1.68 bits per heavy atom. The van der Waals surface area contributed by atoms with E-state index in [2.05, 4.69) is 16.9 Å². The summed E-state index contributed by atoms with van der Waals surface area (Å²) in [5, 5.41) is 0. The maximum Gasteiger partial charge on any atom is 0.229 e. The van der Waals surface area contributed by atoms with Crippen molar-refractivity contribution in [2.24, 2.45) is 0 Å². The number of halogens is 1. The molecule has 1 aliphatic rings. The summed E-state index contributed by atoms with van der Waals surface area (Å²) in [6, 6.07) is 20.9. The van der Waals surface area contributed by atoms with E-state index in [4.69, 9.17) is 0 Å². The summed E-state index contributed by atoms with van der Waals surface area (Å²) < 4.78 is 39.5. The van der Waals surface area contributed by atoms with Gasteiger partial charge in [0.05, 0.1) is 6.26 Å². The molecule has 144 valence electrons. The molecule has 0 amide bonds. The van der Waals surface area contributed by atoms with E-state index < -0.39 is 10.0 Å². The van der Waals surface area contributed by atoms with Crippen LogP contribution >= 0.6 is 0 Å². The van der Waals surface area contributed by atoms with Crippen LogP contribution in [-0.2, 0) is 29.3 Å². The van der Waals surface area contributed by atoms with E-state index in [-0.39, 0.29) is 11.7 Å². The van der Waals surface area contributed by atoms with Gasteiger partial charge in [-0.3, -0.25) is 4.72 Å². The van der Waals surface area contributed by atoms with Crippen molar-refractivity contribution < 1.29 is 12.8 Å². The lowest BCUT2D eigenvalue weighted by molar-refractivity contribution is 0.607. The quantitative estimate of drug-likeness (QED) is 0.698. The van der Waals surface area contributed by atoms with Crippen molar-refractivity contribution in [2.45, 2.75) is 25.2 Å². The lowest BCUT2D eigenvalue weighted by atomic mass is 9.83. The Bertz CT molecular complexity index is 1120. The van der Waals surface area contributed by atoms with Crippen molar-refractivity contribution in [3.8, 4) is 0 Å². The van der Waals surface area contributed by atoms with Gasteiger partial charge in [-0.25, -0.2) is 12.8 Å². The Kier molecular flexibility index (Phi) is 4.94. The number of hydrogen-bond donors (Lipinski definition) is 1. The number of benzene rings is 3. The molecule has 3 nitrogen and oxygen atoms in total. The standard InChI is InChI=1S/C23H22FNO2S/c1-28(26,27)25-20-7-4-5-16(13-20)14-23-21-8-3-2-6-17(21)9-10-18-15-19(24)11-12-22(18)23/h2-8,11-13,15,23,25H,9-10,14H2,1H3. The van der Waals surface area contributed by atoms with Gasteiger partial charge in [-0.1, -0.05) is 42.5 Å². The van der Waals surface area contributed by atoms with Gasteiger partial charge in [0.15, 0.2) is 0 Å². The van der Waals surface area contributed by atoms with E-state index in [9.17, 15) is 12.8 Å². The molecule has 0 radical (unpaired) electrons. The van der Waals surface area contributed by atoms with Gasteiger partial charge in [0, 0.05) is 11.6 Å². The number of anilines is 1. The predicted molar refractivity (Wildman–Crippen MR) is 111 cm³/mol. The first-order valence-electron chi connectivity index (χ1n) is 9.32. The Morgan fingerprint density at radius 1 is 0.929 bits per heavy atom. The van der Waals surface area contributed by atoms with Crippen molar-refractivity contribution >= 4 is 15.7 Å². The lowest BCUT2D eigenvalue weighted by Gasteiger charge is -2.21. The number of rotatable bonds is 4. The van der Waals surface area contributed by atoms with E-state index in [0.717, 1.165) is 42.2 Å². The molecule has 0 aromatic heterocycles. The summed E-state index contributed by atoms with van der Waals surface area (Å²) in [6.45, 7) is 0. The first-order valence-corrected chi connectivity index (χ1v) is 11.2. The van der Waals surface area contributed by atoms with Crippen molar-refractivity contribution in [1.82, 2.24) is 0 Å².